The molecule has 0 atom stereocenters. The van der Waals surface area contributed by atoms with E-state index in [9.17, 15) is 4.79 Å². The van der Waals surface area contributed by atoms with Gasteiger partial charge in [-0.05, 0) is 13.0 Å². The number of carbonyl (C=O) groups is 1. The topological polar surface area (TPSA) is 84.1 Å². The summed E-state index contributed by atoms with van der Waals surface area (Å²) in [6.45, 7) is 6.62. The molecule has 1 rings (SSSR count). The average molecular weight is 257 g/mol. The van der Waals surface area contributed by atoms with E-state index in [2.05, 4.69) is 22.4 Å². The maximum absolute atomic E-state index is 10.8. The van der Waals surface area contributed by atoms with Crippen molar-refractivity contribution in [2.75, 3.05) is 25.0 Å². The Morgan fingerprint density at radius 1 is 1.47 bits per heavy atom. The summed E-state index contributed by atoms with van der Waals surface area (Å²) in [5, 5.41) is 13.0. The van der Waals surface area contributed by atoms with Crippen LogP contribution < -0.4 is 11.1 Å². The van der Waals surface area contributed by atoms with Crippen molar-refractivity contribution in [3.8, 4) is 0 Å². The van der Waals surface area contributed by atoms with Crippen molar-refractivity contribution < 1.29 is 4.79 Å². The van der Waals surface area contributed by atoms with Gasteiger partial charge in [0.1, 0.15) is 5.01 Å². The van der Waals surface area contributed by atoms with Crippen LogP contribution in [-0.4, -0.2) is 40.6 Å². The molecular weight excluding hydrogens is 238 g/mol. The second kappa shape index (κ2) is 7.18. The van der Waals surface area contributed by atoms with Crippen LogP contribution in [0.5, 0.6) is 0 Å². The third kappa shape index (κ3) is 5.10. The van der Waals surface area contributed by atoms with E-state index in [0.29, 0.717) is 6.54 Å². The van der Waals surface area contributed by atoms with Crippen molar-refractivity contribution >= 4 is 22.4 Å². The number of anilines is 1. The van der Waals surface area contributed by atoms with Gasteiger partial charge in [-0.25, -0.2) is 0 Å². The first-order valence-electron chi connectivity index (χ1n) is 5.72. The molecule has 1 aromatic heterocycles. The van der Waals surface area contributed by atoms with Crippen molar-refractivity contribution in [1.29, 1.82) is 0 Å². The van der Waals surface area contributed by atoms with Gasteiger partial charge in [-0.3, -0.25) is 9.69 Å². The number of primary amides is 1. The fourth-order valence-corrected chi connectivity index (χ4v) is 2.12. The zero-order valence-corrected chi connectivity index (χ0v) is 11.1. The summed E-state index contributed by atoms with van der Waals surface area (Å²) in [5.74, 6) is -0.319. The zero-order chi connectivity index (χ0) is 12.7. The summed E-state index contributed by atoms with van der Waals surface area (Å²) in [7, 11) is 0. The second-order valence-corrected chi connectivity index (χ2v) is 4.76. The molecule has 0 unspecified atom stereocenters. The number of hydrogen-bond acceptors (Lipinski definition) is 6. The monoisotopic (exact) mass is 257 g/mol. The van der Waals surface area contributed by atoms with Crippen LogP contribution in [0.1, 0.15) is 25.3 Å². The quantitative estimate of drug-likeness (QED) is 0.715. The first-order valence-corrected chi connectivity index (χ1v) is 6.54. The predicted molar refractivity (Wildman–Crippen MR) is 68.8 cm³/mol. The Labute approximate surface area is 105 Å². The lowest BCUT2D eigenvalue weighted by Gasteiger charge is -2.15. The first-order chi connectivity index (χ1) is 8.15. The minimum Gasteiger partial charge on any atom is -0.369 e. The average Bonchev–Trinajstić information content (AvgIpc) is 2.72. The van der Waals surface area contributed by atoms with E-state index >= 15 is 0 Å². The number of nitrogens with one attached hydrogen (secondary N) is 1. The molecule has 0 saturated carbocycles. The van der Waals surface area contributed by atoms with Crippen molar-refractivity contribution in [1.82, 2.24) is 15.1 Å². The third-order valence-corrected chi connectivity index (χ3v) is 3.04. The SMILES string of the molecule is CCCNc1nnc(CN(CC)CC(N)=O)s1. The highest BCUT2D eigenvalue weighted by molar-refractivity contribution is 7.15. The molecule has 17 heavy (non-hydrogen) atoms. The van der Waals surface area contributed by atoms with E-state index in [-0.39, 0.29) is 12.5 Å². The Morgan fingerprint density at radius 3 is 2.82 bits per heavy atom. The number of nitrogens with zero attached hydrogens (tertiary/aromatic N) is 3. The maximum Gasteiger partial charge on any atom is 0.231 e. The molecule has 1 heterocycles. The smallest absolute Gasteiger partial charge is 0.231 e. The molecule has 0 saturated heterocycles. The molecule has 0 spiro atoms. The number of aromatic nitrogens is 2. The molecule has 1 amide bonds. The summed E-state index contributed by atoms with van der Waals surface area (Å²) in [6.07, 6.45) is 1.05. The summed E-state index contributed by atoms with van der Waals surface area (Å²) in [6, 6.07) is 0. The number of hydrogen-bond donors (Lipinski definition) is 2. The van der Waals surface area contributed by atoms with Gasteiger partial charge in [-0.15, -0.1) is 10.2 Å². The molecule has 0 aliphatic heterocycles. The zero-order valence-electron chi connectivity index (χ0n) is 10.3. The Bertz CT molecular complexity index is 354. The van der Waals surface area contributed by atoms with Gasteiger partial charge in [0.15, 0.2) is 0 Å². The molecule has 0 fully saturated rings. The van der Waals surface area contributed by atoms with Crippen LogP contribution >= 0.6 is 11.3 Å². The number of carbonyl (C=O) groups excluding carboxylic acids is 1. The Balaban J connectivity index is 2.48. The van der Waals surface area contributed by atoms with Crippen molar-refractivity contribution in [2.45, 2.75) is 26.8 Å². The van der Waals surface area contributed by atoms with Crippen LogP contribution in [0, 0.1) is 0 Å². The second-order valence-electron chi connectivity index (χ2n) is 3.70. The third-order valence-electron chi connectivity index (χ3n) is 2.18. The van der Waals surface area contributed by atoms with Crippen LogP contribution in [0.2, 0.25) is 0 Å². The summed E-state index contributed by atoms with van der Waals surface area (Å²) in [4.78, 5) is 12.8. The van der Waals surface area contributed by atoms with Gasteiger partial charge < -0.3 is 11.1 Å². The van der Waals surface area contributed by atoms with Crippen LogP contribution in [0.25, 0.3) is 0 Å². The highest BCUT2D eigenvalue weighted by atomic mass is 32.1. The van der Waals surface area contributed by atoms with Crippen LogP contribution in [-0.2, 0) is 11.3 Å². The van der Waals surface area contributed by atoms with E-state index in [1.54, 1.807) is 0 Å². The van der Waals surface area contributed by atoms with E-state index < -0.39 is 0 Å². The molecule has 0 aromatic carbocycles. The van der Waals surface area contributed by atoms with E-state index in [1.165, 1.54) is 11.3 Å². The van der Waals surface area contributed by atoms with Gasteiger partial charge in [-0.2, -0.15) is 0 Å². The number of rotatable bonds is 8. The van der Waals surface area contributed by atoms with Gasteiger partial charge in [-0.1, -0.05) is 25.2 Å². The molecule has 0 aliphatic carbocycles. The van der Waals surface area contributed by atoms with Crippen LogP contribution in [0.3, 0.4) is 0 Å². The fourth-order valence-electron chi connectivity index (χ4n) is 1.31. The van der Waals surface area contributed by atoms with E-state index in [4.69, 9.17) is 5.73 Å². The van der Waals surface area contributed by atoms with Crippen molar-refractivity contribution in [3.63, 3.8) is 0 Å². The Morgan fingerprint density at radius 2 is 2.24 bits per heavy atom. The van der Waals surface area contributed by atoms with E-state index in [0.717, 1.165) is 29.6 Å². The predicted octanol–water partition coefficient (Wildman–Crippen LogP) is 0.667. The highest BCUT2D eigenvalue weighted by Gasteiger charge is 2.10. The van der Waals surface area contributed by atoms with Gasteiger partial charge in [0, 0.05) is 6.54 Å². The molecule has 7 heteroatoms. The lowest BCUT2D eigenvalue weighted by atomic mass is 10.4. The molecule has 0 aliphatic rings. The van der Waals surface area contributed by atoms with E-state index in [1.807, 2.05) is 11.8 Å². The normalized spacial score (nSPS) is 10.8. The summed E-state index contributed by atoms with van der Waals surface area (Å²) >= 11 is 1.52. The molecule has 0 radical (unpaired) electrons. The van der Waals surface area contributed by atoms with Crippen molar-refractivity contribution in [3.05, 3.63) is 5.01 Å². The molecule has 0 bridgehead atoms. The highest BCUT2D eigenvalue weighted by Crippen LogP contribution is 2.16. The van der Waals surface area contributed by atoms with Gasteiger partial charge >= 0.3 is 0 Å². The van der Waals surface area contributed by atoms with Crippen LogP contribution in [0.4, 0.5) is 5.13 Å². The molecule has 6 nitrogen and oxygen atoms in total. The van der Waals surface area contributed by atoms with Crippen LogP contribution in [0.15, 0.2) is 0 Å². The minimum atomic E-state index is -0.319. The fraction of sp³-hybridized carbons (Fsp3) is 0.700. The van der Waals surface area contributed by atoms with Gasteiger partial charge in [0.2, 0.25) is 11.0 Å². The Kier molecular flexibility index (Phi) is 5.85. The number of likely N-dealkylation sites (N-methyl/N-ethyl adjacent to an activating group) is 1. The lowest BCUT2D eigenvalue weighted by Crippen LogP contribution is -2.33. The number of nitrogens with two attached hydrogens (primary N) is 1. The Hall–Kier alpha value is -1.21. The van der Waals surface area contributed by atoms with Crippen molar-refractivity contribution in [2.24, 2.45) is 5.73 Å². The largest absolute Gasteiger partial charge is 0.369 e. The standard InChI is InChI=1S/C10H19N5OS/c1-3-5-12-10-14-13-9(17-10)7-15(4-2)6-8(11)16/h3-7H2,1-2H3,(H2,11,16)(H,12,14). The lowest BCUT2D eigenvalue weighted by molar-refractivity contribution is -0.119. The van der Waals surface area contributed by atoms with Gasteiger partial charge in [0.25, 0.3) is 0 Å². The van der Waals surface area contributed by atoms with Gasteiger partial charge in [0.05, 0.1) is 13.1 Å². The molecule has 3 N–H and O–H groups in total. The molecule has 96 valence electrons. The first kappa shape index (κ1) is 13.9. The summed E-state index contributed by atoms with van der Waals surface area (Å²) < 4.78 is 0. The number of amides is 1. The maximum atomic E-state index is 10.8. The minimum absolute atomic E-state index is 0.258. The molecular formula is C10H19N5OS. The summed E-state index contributed by atoms with van der Waals surface area (Å²) in [5.41, 5.74) is 5.17. The molecule has 1 aromatic rings.